The van der Waals surface area contributed by atoms with Gasteiger partial charge in [-0.1, -0.05) is 61.2 Å². The number of benzene rings is 2. The second-order valence-electron chi connectivity index (χ2n) is 7.53. The first kappa shape index (κ1) is 18.1. The Hall–Kier alpha value is -2.33. The van der Waals surface area contributed by atoms with Crippen LogP contribution in [0, 0.1) is 5.92 Å². The molecule has 140 valence electrons. The van der Waals surface area contributed by atoms with Gasteiger partial charge in [0, 0.05) is 12.1 Å². The van der Waals surface area contributed by atoms with Crippen molar-refractivity contribution in [3.63, 3.8) is 0 Å². The lowest BCUT2D eigenvalue weighted by atomic mass is 9.70. The van der Waals surface area contributed by atoms with E-state index >= 15 is 0 Å². The predicted molar refractivity (Wildman–Crippen MR) is 110 cm³/mol. The second-order valence-corrected chi connectivity index (χ2v) is 7.96. The maximum Gasteiger partial charge on any atom is 0.261 e. The Kier molecular flexibility index (Phi) is 4.68. The van der Waals surface area contributed by atoms with Gasteiger partial charge in [-0.15, -0.1) is 0 Å². The lowest BCUT2D eigenvalue weighted by molar-refractivity contribution is -0.133. The summed E-state index contributed by atoms with van der Waals surface area (Å²) in [5.74, 6) is 0.464. The van der Waals surface area contributed by atoms with Crippen LogP contribution in [0.2, 0.25) is 5.02 Å². The summed E-state index contributed by atoms with van der Waals surface area (Å²) in [6.07, 6.45) is 5.48. The number of halogens is 1. The van der Waals surface area contributed by atoms with E-state index in [4.69, 9.17) is 22.3 Å². The number of hydrogen-bond acceptors (Lipinski definition) is 3. The van der Waals surface area contributed by atoms with Gasteiger partial charge in [0.25, 0.3) is 5.91 Å². The van der Waals surface area contributed by atoms with E-state index in [9.17, 15) is 4.79 Å². The van der Waals surface area contributed by atoms with Gasteiger partial charge in [0.05, 0.1) is 0 Å². The first-order valence-electron chi connectivity index (χ1n) is 9.52. The fourth-order valence-electron chi connectivity index (χ4n) is 4.48. The molecule has 0 spiro atoms. The van der Waals surface area contributed by atoms with E-state index in [1.54, 1.807) is 7.05 Å². The quantitative estimate of drug-likeness (QED) is 0.846. The van der Waals surface area contributed by atoms with E-state index < -0.39 is 5.54 Å². The SMILES string of the molecule is CN1C(=O)C(c2cccc(-c3cccc(Cl)c3)c2)(C2CCCCC2)N=C1N. The standard InChI is InChI=1S/C22H24ClN3O/c1-26-20(27)22(25-21(26)24,17-9-3-2-4-10-17)18-11-5-7-15(13-18)16-8-6-12-19(23)14-16/h5-8,11-14,17H,2-4,9-10H2,1H3,(H2,24,25). The summed E-state index contributed by atoms with van der Waals surface area (Å²) >= 11 is 6.17. The number of nitrogens with two attached hydrogens (primary N) is 1. The van der Waals surface area contributed by atoms with Gasteiger partial charge in [-0.25, -0.2) is 4.99 Å². The van der Waals surface area contributed by atoms with Gasteiger partial charge in [-0.05, 0) is 53.6 Å². The molecule has 1 atom stereocenters. The molecule has 1 amide bonds. The first-order chi connectivity index (χ1) is 13.0. The Morgan fingerprint density at radius 2 is 1.74 bits per heavy atom. The van der Waals surface area contributed by atoms with Crippen molar-refractivity contribution in [3.05, 3.63) is 59.1 Å². The summed E-state index contributed by atoms with van der Waals surface area (Å²) in [4.78, 5) is 19.6. The molecule has 4 nitrogen and oxygen atoms in total. The zero-order chi connectivity index (χ0) is 19.0. The van der Waals surface area contributed by atoms with Crippen LogP contribution in [0.4, 0.5) is 0 Å². The van der Waals surface area contributed by atoms with Gasteiger partial charge < -0.3 is 5.73 Å². The van der Waals surface area contributed by atoms with Crippen molar-refractivity contribution in [2.24, 2.45) is 16.6 Å². The Balaban J connectivity index is 1.84. The number of likely N-dealkylation sites (N-methyl/N-ethyl adjacent to an activating group) is 1. The smallest absolute Gasteiger partial charge is 0.261 e. The zero-order valence-corrected chi connectivity index (χ0v) is 16.2. The molecule has 0 bridgehead atoms. The summed E-state index contributed by atoms with van der Waals surface area (Å²) in [7, 11) is 1.71. The molecule has 2 aliphatic rings. The number of guanidine groups is 1. The fourth-order valence-corrected chi connectivity index (χ4v) is 4.67. The highest BCUT2D eigenvalue weighted by Crippen LogP contribution is 2.46. The Labute approximate surface area is 165 Å². The normalized spacial score (nSPS) is 23.6. The topological polar surface area (TPSA) is 58.7 Å². The second kappa shape index (κ2) is 7.01. The molecule has 4 rings (SSSR count). The highest BCUT2D eigenvalue weighted by Gasteiger charge is 2.53. The average Bonchev–Trinajstić information content (AvgIpc) is 2.94. The predicted octanol–water partition coefficient (Wildman–Crippen LogP) is 4.57. The monoisotopic (exact) mass is 381 g/mol. The van der Waals surface area contributed by atoms with Crippen molar-refractivity contribution in [1.29, 1.82) is 0 Å². The molecule has 27 heavy (non-hydrogen) atoms. The Bertz CT molecular complexity index is 904. The van der Waals surface area contributed by atoms with Crippen LogP contribution in [-0.2, 0) is 10.3 Å². The van der Waals surface area contributed by atoms with Crippen LogP contribution < -0.4 is 5.73 Å². The summed E-state index contributed by atoms with van der Waals surface area (Å²) in [5, 5.41) is 0.693. The largest absolute Gasteiger partial charge is 0.369 e. The van der Waals surface area contributed by atoms with Gasteiger partial charge in [0.2, 0.25) is 0 Å². The molecule has 1 heterocycles. The number of hydrogen-bond donors (Lipinski definition) is 1. The average molecular weight is 382 g/mol. The van der Waals surface area contributed by atoms with Crippen LogP contribution in [0.1, 0.15) is 37.7 Å². The highest BCUT2D eigenvalue weighted by atomic mass is 35.5. The molecule has 2 aromatic carbocycles. The number of nitrogens with zero attached hydrogens (tertiary/aromatic N) is 2. The highest BCUT2D eigenvalue weighted by molar-refractivity contribution is 6.30. The molecule has 5 heteroatoms. The van der Waals surface area contributed by atoms with E-state index in [1.165, 1.54) is 11.3 Å². The lowest BCUT2D eigenvalue weighted by Gasteiger charge is -2.36. The number of carbonyl (C=O) groups is 1. The van der Waals surface area contributed by atoms with Crippen molar-refractivity contribution in [2.45, 2.75) is 37.6 Å². The maximum atomic E-state index is 13.3. The van der Waals surface area contributed by atoms with E-state index in [2.05, 4.69) is 6.07 Å². The van der Waals surface area contributed by atoms with Crippen LogP contribution in [0.25, 0.3) is 11.1 Å². The van der Waals surface area contributed by atoms with Crippen LogP contribution in [-0.4, -0.2) is 23.8 Å². The van der Waals surface area contributed by atoms with E-state index in [-0.39, 0.29) is 11.8 Å². The molecule has 2 aromatic rings. The number of amides is 1. The summed E-state index contributed by atoms with van der Waals surface area (Å²) in [6.45, 7) is 0. The van der Waals surface area contributed by atoms with Crippen LogP contribution in [0.5, 0.6) is 0 Å². The molecule has 1 fully saturated rings. The molecule has 1 saturated carbocycles. The summed E-state index contributed by atoms with van der Waals surface area (Å²) < 4.78 is 0. The molecule has 0 aromatic heterocycles. The first-order valence-corrected chi connectivity index (χ1v) is 9.90. The van der Waals surface area contributed by atoms with Crippen LogP contribution in [0.15, 0.2) is 53.5 Å². The summed E-state index contributed by atoms with van der Waals surface area (Å²) in [5.41, 5.74) is 8.16. The maximum absolute atomic E-state index is 13.3. The zero-order valence-electron chi connectivity index (χ0n) is 15.5. The van der Waals surface area contributed by atoms with E-state index in [1.807, 2.05) is 42.5 Å². The van der Waals surface area contributed by atoms with Gasteiger partial charge in [0.15, 0.2) is 11.5 Å². The van der Waals surface area contributed by atoms with Crippen molar-refractivity contribution in [1.82, 2.24) is 4.90 Å². The molecule has 1 aliphatic carbocycles. The molecular weight excluding hydrogens is 358 g/mol. The molecule has 2 N–H and O–H groups in total. The third-order valence-corrected chi connectivity index (χ3v) is 6.16. The lowest BCUT2D eigenvalue weighted by Crippen LogP contribution is -2.45. The van der Waals surface area contributed by atoms with Gasteiger partial charge in [0.1, 0.15) is 0 Å². The van der Waals surface area contributed by atoms with Gasteiger partial charge >= 0.3 is 0 Å². The van der Waals surface area contributed by atoms with E-state index in [0.29, 0.717) is 11.0 Å². The molecular formula is C22H24ClN3O. The van der Waals surface area contributed by atoms with Crippen molar-refractivity contribution >= 4 is 23.5 Å². The third kappa shape index (κ3) is 3.02. The van der Waals surface area contributed by atoms with Crippen molar-refractivity contribution in [2.75, 3.05) is 7.05 Å². The number of aliphatic imine (C=N–C) groups is 1. The van der Waals surface area contributed by atoms with Crippen LogP contribution in [0.3, 0.4) is 0 Å². The minimum Gasteiger partial charge on any atom is -0.369 e. The molecule has 0 radical (unpaired) electrons. The fraction of sp³-hybridized carbons (Fsp3) is 0.364. The van der Waals surface area contributed by atoms with E-state index in [0.717, 1.165) is 42.4 Å². The molecule has 1 unspecified atom stereocenters. The third-order valence-electron chi connectivity index (χ3n) is 5.92. The van der Waals surface area contributed by atoms with Gasteiger partial charge in [-0.2, -0.15) is 0 Å². The minimum atomic E-state index is -0.909. The molecule has 1 aliphatic heterocycles. The van der Waals surface area contributed by atoms with Crippen molar-refractivity contribution < 1.29 is 4.79 Å². The summed E-state index contributed by atoms with van der Waals surface area (Å²) in [6, 6.07) is 15.9. The Morgan fingerprint density at radius 1 is 1.07 bits per heavy atom. The van der Waals surface area contributed by atoms with Crippen LogP contribution >= 0.6 is 11.6 Å². The van der Waals surface area contributed by atoms with Crippen molar-refractivity contribution in [3.8, 4) is 11.1 Å². The minimum absolute atomic E-state index is 0.0184. The number of rotatable bonds is 3. The Morgan fingerprint density at radius 3 is 2.37 bits per heavy atom. The number of carbonyl (C=O) groups excluding carboxylic acids is 1. The molecule has 0 saturated heterocycles. The van der Waals surface area contributed by atoms with Gasteiger partial charge in [-0.3, -0.25) is 9.69 Å².